The summed E-state index contributed by atoms with van der Waals surface area (Å²) in [5.41, 5.74) is 1.69. The zero-order chi connectivity index (χ0) is 21.8. The average molecular weight is 458 g/mol. The second kappa shape index (κ2) is 9.40. The first-order valence-electron chi connectivity index (χ1n) is 9.49. The number of hydrogen-bond acceptors (Lipinski definition) is 8. The van der Waals surface area contributed by atoms with Gasteiger partial charge in [0.25, 0.3) is 0 Å². The van der Waals surface area contributed by atoms with E-state index >= 15 is 0 Å². The van der Waals surface area contributed by atoms with Crippen LogP contribution in [0.4, 0.5) is 0 Å². The minimum Gasteiger partial charge on any atom is -0.493 e. The van der Waals surface area contributed by atoms with Crippen molar-refractivity contribution in [1.82, 2.24) is 24.9 Å². The molecule has 0 saturated heterocycles. The molecule has 10 heteroatoms. The van der Waals surface area contributed by atoms with E-state index < -0.39 is 0 Å². The first-order chi connectivity index (χ1) is 15.1. The Morgan fingerprint density at radius 2 is 1.87 bits per heavy atom. The highest BCUT2D eigenvalue weighted by atomic mass is 35.5. The van der Waals surface area contributed by atoms with Crippen LogP contribution < -0.4 is 9.47 Å². The number of thioether (sulfide) groups is 1. The molecule has 0 aliphatic rings. The van der Waals surface area contributed by atoms with Gasteiger partial charge in [-0.25, -0.2) is 0 Å². The maximum Gasteiger partial charge on any atom is 0.237 e. The van der Waals surface area contributed by atoms with Crippen LogP contribution in [0.3, 0.4) is 0 Å². The van der Waals surface area contributed by atoms with Gasteiger partial charge in [0.15, 0.2) is 22.5 Å². The largest absolute Gasteiger partial charge is 0.493 e. The fraction of sp³-hybridized carbons (Fsp3) is 0.238. The minimum atomic E-state index is 0.466. The molecule has 8 nitrogen and oxygen atoms in total. The second-order valence-corrected chi connectivity index (χ2v) is 7.81. The van der Waals surface area contributed by atoms with E-state index in [1.807, 2.05) is 47.9 Å². The Morgan fingerprint density at radius 1 is 1.03 bits per heavy atom. The van der Waals surface area contributed by atoms with E-state index in [0.717, 1.165) is 28.7 Å². The molecular formula is C21H20ClN5O3S. The molecule has 0 amide bonds. The first kappa shape index (κ1) is 21.2. The first-order valence-corrected chi connectivity index (χ1v) is 10.9. The summed E-state index contributed by atoms with van der Waals surface area (Å²) in [7, 11) is 3.18. The molecule has 2 aromatic heterocycles. The van der Waals surface area contributed by atoms with Crippen LogP contribution in [0.2, 0.25) is 5.02 Å². The monoisotopic (exact) mass is 457 g/mol. The molecule has 2 aromatic carbocycles. The zero-order valence-electron chi connectivity index (χ0n) is 17.2. The molecule has 0 unspecified atom stereocenters. The van der Waals surface area contributed by atoms with Crippen molar-refractivity contribution in [2.75, 3.05) is 14.2 Å². The predicted octanol–water partition coefficient (Wildman–Crippen LogP) is 4.98. The Labute approximate surface area is 188 Å². The van der Waals surface area contributed by atoms with Gasteiger partial charge >= 0.3 is 0 Å². The summed E-state index contributed by atoms with van der Waals surface area (Å²) >= 11 is 7.60. The molecule has 0 saturated carbocycles. The molecule has 0 aliphatic heterocycles. The van der Waals surface area contributed by atoms with Gasteiger partial charge in [0, 0.05) is 22.7 Å². The molecule has 0 N–H and O–H groups in total. The standard InChI is InChI=1S/C21H20ClN5O3S/c1-4-27-20(14-6-5-7-15(22)10-14)24-25-21(27)31-12-18-23-19(26-30-18)13-8-9-16(28-2)17(11-13)29-3/h5-11H,4,12H2,1-3H3. The van der Waals surface area contributed by atoms with E-state index in [0.29, 0.717) is 34.0 Å². The fourth-order valence-corrected chi connectivity index (χ4v) is 4.08. The van der Waals surface area contributed by atoms with Gasteiger partial charge in [0.1, 0.15) is 0 Å². The van der Waals surface area contributed by atoms with E-state index in [1.54, 1.807) is 20.3 Å². The van der Waals surface area contributed by atoms with Gasteiger partial charge in [-0.05, 0) is 37.3 Å². The quantitative estimate of drug-likeness (QED) is 0.342. The van der Waals surface area contributed by atoms with Crippen LogP contribution in [0.1, 0.15) is 12.8 Å². The number of rotatable bonds is 8. The van der Waals surface area contributed by atoms with Gasteiger partial charge in [0.2, 0.25) is 11.7 Å². The van der Waals surface area contributed by atoms with Gasteiger partial charge in [-0.15, -0.1) is 10.2 Å². The summed E-state index contributed by atoms with van der Waals surface area (Å²) in [6.45, 7) is 2.77. The molecule has 0 fully saturated rings. The van der Waals surface area contributed by atoms with Crippen LogP contribution in [0.25, 0.3) is 22.8 Å². The Morgan fingerprint density at radius 3 is 2.61 bits per heavy atom. The number of ether oxygens (including phenoxy) is 2. The smallest absolute Gasteiger partial charge is 0.237 e. The molecule has 4 aromatic rings. The summed E-state index contributed by atoms with van der Waals surface area (Å²) in [6.07, 6.45) is 0. The van der Waals surface area contributed by atoms with E-state index in [4.69, 9.17) is 25.6 Å². The van der Waals surface area contributed by atoms with Crippen LogP contribution in [0.5, 0.6) is 11.5 Å². The number of aromatic nitrogens is 5. The average Bonchev–Trinajstić information content (AvgIpc) is 3.44. The van der Waals surface area contributed by atoms with E-state index in [-0.39, 0.29) is 0 Å². The maximum absolute atomic E-state index is 6.12. The second-order valence-electron chi connectivity index (χ2n) is 6.43. The maximum atomic E-state index is 6.12. The normalized spacial score (nSPS) is 11.0. The van der Waals surface area contributed by atoms with Crippen LogP contribution in [-0.4, -0.2) is 39.1 Å². The molecule has 0 aliphatic carbocycles. The third-order valence-corrected chi connectivity index (χ3v) is 5.74. The number of methoxy groups -OCH3 is 2. The third-order valence-electron chi connectivity index (χ3n) is 4.55. The number of nitrogens with zero attached hydrogens (tertiary/aromatic N) is 5. The molecule has 0 spiro atoms. The lowest BCUT2D eigenvalue weighted by Gasteiger charge is -2.07. The van der Waals surface area contributed by atoms with Gasteiger partial charge in [0.05, 0.1) is 20.0 Å². The lowest BCUT2D eigenvalue weighted by atomic mass is 10.2. The summed E-state index contributed by atoms with van der Waals surface area (Å²) in [5, 5.41) is 14.2. The lowest BCUT2D eigenvalue weighted by molar-refractivity contribution is 0.355. The molecule has 31 heavy (non-hydrogen) atoms. The summed E-state index contributed by atoms with van der Waals surface area (Å²) in [4.78, 5) is 4.49. The van der Waals surface area contributed by atoms with Crippen molar-refractivity contribution >= 4 is 23.4 Å². The Hall–Kier alpha value is -3.04. The topological polar surface area (TPSA) is 88.1 Å². The van der Waals surface area contributed by atoms with Crippen LogP contribution in [-0.2, 0) is 12.3 Å². The van der Waals surface area contributed by atoms with Crippen molar-refractivity contribution in [3.05, 3.63) is 53.4 Å². The van der Waals surface area contributed by atoms with E-state index in [1.165, 1.54) is 11.8 Å². The molecular weight excluding hydrogens is 438 g/mol. The number of hydrogen-bond donors (Lipinski definition) is 0. The van der Waals surface area contributed by atoms with E-state index in [9.17, 15) is 0 Å². The van der Waals surface area contributed by atoms with Crippen molar-refractivity contribution in [1.29, 1.82) is 0 Å². The van der Waals surface area contributed by atoms with Gasteiger partial charge in [-0.1, -0.05) is 40.7 Å². The van der Waals surface area contributed by atoms with Crippen molar-refractivity contribution < 1.29 is 14.0 Å². The summed E-state index contributed by atoms with van der Waals surface area (Å²) < 4.78 is 18.1. The van der Waals surface area contributed by atoms with Crippen molar-refractivity contribution in [3.63, 3.8) is 0 Å². The highest BCUT2D eigenvalue weighted by Crippen LogP contribution is 2.32. The minimum absolute atomic E-state index is 0.466. The highest BCUT2D eigenvalue weighted by molar-refractivity contribution is 7.98. The van der Waals surface area contributed by atoms with Gasteiger partial charge < -0.3 is 18.6 Å². The van der Waals surface area contributed by atoms with E-state index in [2.05, 4.69) is 20.3 Å². The van der Waals surface area contributed by atoms with Crippen molar-refractivity contribution in [3.8, 4) is 34.3 Å². The van der Waals surface area contributed by atoms with Crippen molar-refractivity contribution in [2.45, 2.75) is 24.4 Å². The van der Waals surface area contributed by atoms with Gasteiger partial charge in [-0.3, -0.25) is 0 Å². The molecule has 0 atom stereocenters. The van der Waals surface area contributed by atoms with Gasteiger partial charge in [-0.2, -0.15) is 4.98 Å². The zero-order valence-corrected chi connectivity index (χ0v) is 18.8. The molecule has 2 heterocycles. The molecule has 160 valence electrons. The third kappa shape index (κ3) is 4.52. The summed E-state index contributed by atoms with van der Waals surface area (Å²) in [6, 6.07) is 13.0. The fourth-order valence-electron chi connectivity index (χ4n) is 3.05. The lowest BCUT2D eigenvalue weighted by Crippen LogP contribution is -2.00. The molecule has 4 rings (SSSR count). The molecule has 0 radical (unpaired) electrons. The highest BCUT2D eigenvalue weighted by Gasteiger charge is 2.16. The Balaban J connectivity index is 1.50. The Kier molecular flexibility index (Phi) is 6.43. The number of benzene rings is 2. The van der Waals surface area contributed by atoms with Crippen LogP contribution in [0.15, 0.2) is 52.1 Å². The van der Waals surface area contributed by atoms with Crippen molar-refractivity contribution in [2.24, 2.45) is 0 Å². The Bertz CT molecular complexity index is 1190. The predicted molar refractivity (Wildman–Crippen MR) is 119 cm³/mol. The van der Waals surface area contributed by atoms with Crippen LogP contribution >= 0.6 is 23.4 Å². The summed E-state index contributed by atoms with van der Waals surface area (Å²) in [5.74, 6) is 3.45. The molecule has 0 bridgehead atoms. The SMILES string of the molecule is CCn1c(SCc2nc(-c3ccc(OC)c(OC)c3)no2)nnc1-c1cccc(Cl)c1. The van der Waals surface area contributed by atoms with Crippen LogP contribution in [0, 0.1) is 0 Å². The number of halogens is 1.